The minimum atomic E-state index is 1.000. The van der Waals surface area contributed by atoms with Crippen LogP contribution in [0.5, 0.6) is 0 Å². The Morgan fingerprint density at radius 3 is 2.62 bits per heavy atom. The van der Waals surface area contributed by atoms with E-state index >= 15 is 0 Å². The van der Waals surface area contributed by atoms with Crippen molar-refractivity contribution in [2.75, 3.05) is 39.1 Å². The van der Waals surface area contributed by atoms with Crippen molar-refractivity contribution in [2.45, 2.75) is 6.42 Å². The molecule has 3 rings (SSSR count). The van der Waals surface area contributed by atoms with Crippen LogP contribution in [0.15, 0.2) is 36.5 Å². The first kappa shape index (κ1) is 13.9. The number of nitrogens with zero attached hydrogens (tertiary/aromatic N) is 3. The summed E-state index contributed by atoms with van der Waals surface area (Å²) >= 11 is 0. The molecule has 0 unspecified atom stereocenters. The van der Waals surface area contributed by atoms with Crippen LogP contribution in [0.4, 0.5) is 5.82 Å². The van der Waals surface area contributed by atoms with Crippen LogP contribution in [0.2, 0.25) is 0 Å². The van der Waals surface area contributed by atoms with Crippen molar-refractivity contribution in [3.8, 4) is 0 Å². The molecule has 4 nitrogen and oxygen atoms in total. The van der Waals surface area contributed by atoms with Crippen LogP contribution in [0.1, 0.15) is 6.42 Å². The molecule has 0 atom stereocenters. The smallest absolute Gasteiger partial charge is 0.152 e. The molecule has 0 aliphatic heterocycles. The number of hydrogen-bond donors (Lipinski definition) is 1. The molecule has 110 valence electrons. The van der Waals surface area contributed by atoms with E-state index in [1.54, 1.807) is 0 Å². The van der Waals surface area contributed by atoms with Gasteiger partial charge < -0.3 is 14.8 Å². The predicted molar refractivity (Wildman–Crippen MR) is 90.0 cm³/mol. The van der Waals surface area contributed by atoms with E-state index in [4.69, 9.17) is 0 Å². The minimum Gasteiger partial charge on any atom is -0.358 e. The van der Waals surface area contributed by atoms with Crippen LogP contribution >= 0.6 is 0 Å². The number of nitrogens with one attached hydrogen (secondary N) is 1. The van der Waals surface area contributed by atoms with Gasteiger partial charge in [-0.25, -0.2) is 4.98 Å². The zero-order chi connectivity index (χ0) is 14.8. The first-order valence-corrected chi connectivity index (χ1v) is 7.38. The van der Waals surface area contributed by atoms with Gasteiger partial charge in [-0.1, -0.05) is 18.2 Å². The van der Waals surface area contributed by atoms with Crippen molar-refractivity contribution >= 4 is 27.6 Å². The Kier molecular flexibility index (Phi) is 3.80. The lowest BCUT2D eigenvalue weighted by atomic mass is 10.2. The lowest BCUT2D eigenvalue weighted by Gasteiger charge is -2.20. The van der Waals surface area contributed by atoms with Crippen LogP contribution in [-0.2, 0) is 0 Å². The Morgan fingerprint density at radius 1 is 1.00 bits per heavy atom. The van der Waals surface area contributed by atoms with Crippen molar-refractivity contribution in [2.24, 2.45) is 0 Å². The number of anilines is 1. The first-order valence-electron chi connectivity index (χ1n) is 7.38. The Bertz CT molecular complexity index is 745. The number of hydrogen-bond acceptors (Lipinski definition) is 3. The molecule has 21 heavy (non-hydrogen) atoms. The van der Waals surface area contributed by atoms with Gasteiger partial charge in [0.25, 0.3) is 0 Å². The largest absolute Gasteiger partial charge is 0.358 e. The molecule has 1 aromatic carbocycles. The second kappa shape index (κ2) is 5.74. The Hall–Kier alpha value is -2.07. The maximum absolute atomic E-state index is 4.58. The summed E-state index contributed by atoms with van der Waals surface area (Å²) in [7, 11) is 6.33. The van der Waals surface area contributed by atoms with Gasteiger partial charge in [-0.2, -0.15) is 0 Å². The molecule has 0 aliphatic carbocycles. The van der Waals surface area contributed by atoms with Gasteiger partial charge in [-0.05, 0) is 39.2 Å². The van der Waals surface area contributed by atoms with E-state index < -0.39 is 0 Å². The number of H-pyrrole nitrogens is 1. The molecular formula is C17H22N4. The highest BCUT2D eigenvalue weighted by molar-refractivity contribution is 6.10. The molecular weight excluding hydrogens is 260 g/mol. The quantitative estimate of drug-likeness (QED) is 0.781. The first-order chi connectivity index (χ1) is 10.2. The molecule has 0 fully saturated rings. The average Bonchev–Trinajstić information content (AvgIpc) is 2.85. The summed E-state index contributed by atoms with van der Waals surface area (Å²) in [5, 5.41) is 2.51. The van der Waals surface area contributed by atoms with Crippen molar-refractivity contribution in [3.63, 3.8) is 0 Å². The van der Waals surface area contributed by atoms with Crippen molar-refractivity contribution in [1.82, 2.24) is 14.9 Å². The summed E-state index contributed by atoms with van der Waals surface area (Å²) in [6.45, 7) is 2.09. The van der Waals surface area contributed by atoms with Crippen molar-refractivity contribution < 1.29 is 0 Å². The van der Waals surface area contributed by atoms with Crippen LogP contribution in [-0.4, -0.2) is 49.1 Å². The molecule has 2 heterocycles. The normalized spacial score (nSPS) is 11.6. The van der Waals surface area contributed by atoms with E-state index in [2.05, 4.69) is 71.2 Å². The molecule has 4 heteroatoms. The molecule has 1 N–H and O–H groups in total. The fourth-order valence-electron chi connectivity index (χ4n) is 2.78. The third kappa shape index (κ3) is 2.72. The third-order valence-corrected chi connectivity index (χ3v) is 3.87. The van der Waals surface area contributed by atoms with E-state index in [1.165, 1.54) is 16.3 Å². The molecule has 0 radical (unpaired) electrons. The minimum absolute atomic E-state index is 1.000. The van der Waals surface area contributed by atoms with Crippen LogP contribution < -0.4 is 4.90 Å². The van der Waals surface area contributed by atoms with E-state index in [0.29, 0.717) is 0 Å². The van der Waals surface area contributed by atoms with Gasteiger partial charge in [0.15, 0.2) is 5.82 Å². The van der Waals surface area contributed by atoms with E-state index in [0.717, 1.165) is 30.8 Å². The fraction of sp³-hybridized carbons (Fsp3) is 0.353. The Morgan fingerprint density at radius 2 is 1.81 bits per heavy atom. The monoisotopic (exact) mass is 282 g/mol. The topological polar surface area (TPSA) is 35.2 Å². The molecule has 0 saturated heterocycles. The fourth-order valence-corrected chi connectivity index (χ4v) is 2.78. The number of aromatic nitrogens is 2. The summed E-state index contributed by atoms with van der Waals surface area (Å²) in [6.07, 6.45) is 3.03. The summed E-state index contributed by atoms with van der Waals surface area (Å²) in [4.78, 5) is 12.5. The van der Waals surface area contributed by atoms with E-state index in [9.17, 15) is 0 Å². The van der Waals surface area contributed by atoms with Gasteiger partial charge >= 0.3 is 0 Å². The van der Waals surface area contributed by atoms with Gasteiger partial charge in [0.05, 0.1) is 5.52 Å². The average molecular weight is 282 g/mol. The number of pyridine rings is 1. The zero-order valence-corrected chi connectivity index (χ0v) is 12.9. The SMILES string of the molecule is CN(C)CCCN(C)c1nccc2c1[nH]c1ccccc12. The molecule has 0 amide bonds. The number of fused-ring (bicyclic) bond motifs is 3. The zero-order valence-electron chi connectivity index (χ0n) is 12.9. The van der Waals surface area contributed by atoms with E-state index in [1.807, 2.05) is 6.20 Å². The van der Waals surface area contributed by atoms with Gasteiger partial charge in [0.1, 0.15) is 0 Å². The lowest BCUT2D eigenvalue weighted by Crippen LogP contribution is -2.24. The second-order valence-electron chi connectivity index (χ2n) is 5.81. The van der Waals surface area contributed by atoms with Crippen LogP contribution in [0.3, 0.4) is 0 Å². The van der Waals surface area contributed by atoms with Gasteiger partial charge in [0.2, 0.25) is 0 Å². The number of rotatable bonds is 5. The number of aromatic amines is 1. The second-order valence-corrected chi connectivity index (χ2v) is 5.81. The van der Waals surface area contributed by atoms with Crippen LogP contribution in [0, 0.1) is 0 Å². The summed E-state index contributed by atoms with van der Waals surface area (Å²) in [6, 6.07) is 10.5. The van der Waals surface area contributed by atoms with Crippen molar-refractivity contribution in [3.05, 3.63) is 36.5 Å². The van der Waals surface area contributed by atoms with Gasteiger partial charge in [-0.15, -0.1) is 0 Å². The predicted octanol–water partition coefficient (Wildman–Crippen LogP) is 3.10. The van der Waals surface area contributed by atoms with E-state index in [-0.39, 0.29) is 0 Å². The maximum atomic E-state index is 4.58. The summed E-state index contributed by atoms with van der Waals surface area (Å²) in [5.41, 5.74) is 2.30. The molecule has 0 saturated carbocycles. The molecule has 3 aromatic rings. The lowest BCUT2D eigenvalue weighted by molar-refractivity contribution is 0.401. The van der Waals surface area contributed by atoms with Crippen molar-refractivity contribution in [1.29, 1.82) is 0 Å². The number of benzene rings is 1. The number of para-hydroxylation sites is 1. The highest BCUT2D eigenvalue weighted by atomic mass is 15.2. The highest BCUT2D eigenvalue weighted by Crippen LogP contribution is 2.29. The standard InChI is InChI=1S/C17H22N4/c1-20(2)11-6-12-21(3)17-16-14(9-10-18-17)13-7-4-5-8-15(13)19-16/h4-5,7-10,19H,6,11-12H2,1-3H3. The molecule has 0 aliphatic rings. The Balaban J connectivity index is 1.95. The molecule has 0 bridgehead atoms. The molecule has 0 spiro atoms. The summed E-state index contributed by atoms with van der Waals surface area (Å²) in [5.74, 6) is 1.03. The van der Waals surface area contributed by atoms with Gasteiger partial charge in [0, 0.05) is 36.1 Å². The van der Waals surface area contributed by atoms with Crippen LogP contribution in [0.25, 0.3) is 21.8 Å². The molecule has 2 aromatic heterocycles. The summed E-state index contributed by atoms with van der Waals surface area (Å²) < 4.78 is 0. The maximum Gasteiger partial charge on any atom is 0.152 e. The third-order valence-electron chi connectivity index (χ3n) is 3.87. The highest BCUT2D eigenvalue weighted by Gasteiger charge is 2.11. The Labute approximate surface area is 125 Å². The van der Waals surface area contributed by atoms with Gasteiger partial charge in [-0.3, -0.25) is 0 Å².